The van der Waals surface area contributed by atoms with Gasteiger partial charge in [0.05, 0.1) is 0 Å². The molecule has 2 saturated heterocycles. The van der Waals surface area contributed by atoms with Crippen LogP contribution in [-0.4, -0.2) is 66.3 Å². The van der Waals surface area contributed by atoms with E-state index in [4.69, 9.17) is 0 Å². The zero-order valence-corrected chi connectivity index (χ0v) is 15.4. The van der Waals surface area contributed by atoms with E-state index < -0.39 is 0 Å². The highest BCUT2D eigenvalue weighted by molar-refractivity contribution is 5.74. The van der Waals surface area contributed by atoms with Crippen LogP contribution in [0.15, 0.2) is 30.3 Å². The van der Waals surface area contributed by atoms with Crippen molar-refractivity contribution >= 4 is 6.03 Å². The topological polar surface area (TPSA) is 55.8 Å². The van der Waals surface area contributed by atoms with Gasteiger partial charge in [0.2, 0.25) is 0 Å². The fraction of sp³-hybridized carbons (Fsp3) is 0.650. The van der Waals surface area contributed by atoms with Crippen LogP contribution in [0.4, 0.5) is 4.79 Å². The number of hydrogen-bond donors (Lipinski definition) is 2. The van der Waals surface area contributed by atoms with Crippen molar-refractivity contribution in [3.63, 3.8) is 0 Å². The first-order valence-electron chi connectivity index (χ1n) is 9.44. The molecule has 2 fully saturated rings. The fourth-order valence-corrected chi connectivity index (χ4v) is 4.12. The first-order chi connectivity index (χ1) is 12.0. The number of nitrogens with one attached hydrogen (secondary N) is 1. The molecule has 5 heteroatoms. The predicted octanol–water partition coefficient (Wildman–Crippen LogP) is 2.28. The number of aliphatic hydroxyl groups is 1. The molecule has 2 atom stereocenters. The Balaban J connectivity index is 1.62. The van der Waals surface area contributed by atoms with E-state index in [-0.39, 0.29) is 24.0 Å². The van der Waals surface area contributed by atoms with Crippen LogP contribution in [0, 0.1) is 5.41 Å². The summed E-state index contributed by atoms with van der Waals surface area (Å²) in [6, 6.07) is 10.7. The quantitative estimate of drug-likeness (QED) is 0.861. The van der Waals surface area contributed by atoms with Crippen molar-refractivity contribution in [3.8, 4) is 0 Å². The lowest BCUT2D eigenvalue weighted by Gasteiger charge is -2.38. The van der Waals surface area contributed by atoms with Gasteiger partial charge in [-0.3, -0.25) is 4.90 Å². The smallest absolute Gasteiger partial charge is 0.317 e. The molecule has 0 bridgehead atoms. The molecule has 0 aliphatic carbocycles. The predicted molar refractivity (Wildman–Crippen MR) is 99.6 cm³/mol. The van der Waals surface area contributed by atoms with Gasteiger partial charge in [-0.15, -0.1) is 0 Å². The Kier molecular flexibility index (Phi) is 5.64. The van der Waals surface area contributed by atoms with Gasteiger partial charge in [-0.25, -0.2) is 4.79 Å². The summed E-state index contributed by atoms with van der Waals surface area (Å²) in [5.74, 6) is 0.0791. The molecule has 0 spiro atoms. The van der Waals surface area contributed by atoms with Crippen LogP contribution in [0.5, 0.6) is 0 Å². The molecule has 1 aromatic carbocycles. The molecule has 2 heterocycles. The van der Waals surface area contributed by atoms with Crippen molar-refractivity contribution in [2.24, 2.45) is 5.41 Å². The number of urea groups is 1. The Bertz CT molecular complexity index is 576. The van der Waals surface area contributed by atoms with E-state index in [1.54, 1.807) is 0 Å². The summed E-state index contributed by atoms with van der Waals surface area (Å²) in [5, 5.41) is 12.9. The molecule has 5 nitrogen and oxygen atoms in total. The van der Waals surface area contributed by atoms with Gasteiger partial charge in [0.25, 0.3) is 0 Å². The summed E-state index contributed by atoms with van der Waals surface area (Å²) in [6.07, 6.45) is 2.45. The Morgan fingerprint density at radius 2 is 2.04 bits per heavy atom. The Morgan fingerprint density at radius 1 is 1.28 bits per heavy atom. The van der Waals surface area contributed by atoms with E-state index >= 15 is 0 Å². The lowest BCUT2D eigenvalue weighted by atomic mass is 9.75. The van der Waals surface area contributed by atoms with E-state index in [2.05, 4.69) is 22.3 Å². The molecule has 2 N–H and O–H groups in total. The Morgan fingerprint density at radius 3 is 2.76 bits per heavy atom. The van der Waals surface area contributed by atoms with Crippen molar-refractivity contribution in [2.75, 3.05) is 39.3 Å². The number of nitrogens with zero attached hydrogens (tertiary/aromatic N) is 2. The SMILES string of the molecule is CC(C)(CO)[C@@H](CNC(=O)N1CCN2CCC[C@@H]2C1)c1ccccc1. The molecule has 2 amide bonds. The van der Waals surface area contributed by atoms with Gasteiger partial charge in [0.1, 0.15) is 0 Å². The summed E-state index contributed by atoms with van der Waals surface area (Å²) in [4.78, 5) is 17.1. The molecule has 3 rings (SSSR count). The number of carbonyl (C=O) groups is 1. The second-order valence-corrected chi connectivity index (χ2v) is 8.07. The molecule has 138 valence electrons. The van der Waals surface area contributed by atoms with Crippen molar-refractivity contribution in [1.29, 1.82) is 0 Å². The minimum absolute atomic E-state index is 0.0289. The standard InChI is InChI=1S/C20H31N3O2/c1-20(2,15-24)18(16-7-4-3-5-8-16)13-21-19(25)23-12-11-22-10-6-9-17(22)14-23/h3-5,7-8,17-18,24H,6,9-15H2,1-2H3,(H,21,25)/t17-,18+/m1/s1. The van der Waals surface area contributed by atoms with E-state index in [0.29, 0.717) is 12.6 Å². The van der Waals surface area contributed by atoms with Gasteiger partial charge in [0.15, 0.2) is 0 Å². The van der Waals surface area contributed by atoms with Gasteiger partial charge < -0.3 is 15.3 Å². The molecule has 2 aliphatic rings. The minimum atomic E-state index is -0.293. The van der Waals surface area contributed by atoms with Crippen LogP contribution in [-0.2, 0) is 0 Å². The Hall–Kier alpha value is -1.59. The normalized spacial score (nSPS) is 22.5. The molecule has 0 saturated carbocycles. The number of carbonyl (C=O) groups excluding carboxylic acids is 1. The molecular weight excluding hydrogens is 314 g/mol. The third-order valence-electron chi connectivity index (χ3n) is 5.88. The lowest BCUT2D eigenvalue weighted by Crippen LogP contribution is -2.55. The summed E-state index contributed by atoms with van der Waals surface area (Å²) < 4.78 is 0. The number of aliphatic hydroxyl groups excluding tert-OH is 1. The van der Waals surface area contributed by atoms with Crippen LogP contribution >= 0.6 is 0 Å². The van der Waals surface area contributed by atoms with Crippen LogP contribution in [0.25, 0.3) is 0 Å². The fourth-order valence-electron chi connectivity index (χ4n) is 4.12. The van der Waals surface area contributed by atoms with E-state index in [1.807, 2.05) is 36.9 Å². The largest absolute Gasteiger partial charge is 0.396 e. The number of benzene rings is 1. The van der Waals surface area contributed by atoms with Crippen LogP contribution in [0.2, 0.25) is 0 Å². The Labute approximate surface area is 151 Å². The summed E-state index contributed by atoms with van der Waals surface area (Å²) in [5.41, 5.74) is 0.862. The van der Waals surface area contributed by atoms with E-state index in [9.17, 15) is 9.90 Å². The van der Waals surface area contributed by atoms with Crippen LogP contribution in [0.1, 0.15) is 38.2 Å². The van der Waals surface area contributed by atoms with E-state index in [1.165, 1.54) is 19.4 Å². The maximum Gasteiger partial charge on any atom is 0.317 e. The van der Waals surface area contributed by atoms with Crippen molar-refractivity contribution in [3.05, 3.63) is 35.9 Å². The molecule has 2 aliphatic heterocycles. The summed E-state index contributed by atoms with van der Waals surface area (Å²) >= 11 is 0. The van der Waals surface area contributed by atoms with Gasteiger partial charge >= 0.3 is 6.03 Å². The summed E-state index contributed by atoms with van der Waals surface area (Å²) in [7, 11) is 0. The van der Waals surface area contributed by atoms with Gasteiger partial charge in [-0.05, 0) is 30.4 Å². The van der Waals surface area contributed by atoms with Crippen molar-refractivity contribution in [1.82, 2.24) is 15.1 Å². The maximum absolute atomic E-state index is 12.7. The maximum atomic E-state index is 12.7. The van der Waals surface area contributed by atoms with Crippen LogP contribution < -0.4 is 5.32 Å². The van der Waals surface area contributed by atoms with Gasteiger partial charge in [-0.1, -0.05) is 44.2 Å². The highest BCUT2D eigenvalue weighted by Gasteiger charge is 2.34. The zero-order valence-electron chi connectivity index (χ0n) is 15.4. The van der Waals surface area contributed by atoms with Crippen molar-refractivity contribution in [2.45, 2.75) is 38.6 Å². The monoisotopic (exact) mass is 345 g/mol. The molecule has 0 aromatic heterocycles. The second-order valence-electron chi connectivity index (χ2n) is 8.07. The number of amides is 2. The molecule has 0 radical (unpaired) electrons. The third kappa shape index (κ3) is 4.15. The molecule has 1 aromatic rings. The highest BCUT2D eigenvalue weighted by Crippen LogP contribution is 2.34. The van der Waals surface area contributed by atoms with E-state index in [0.717, 1.165) is 25.2 Å². The first kappa shape index (κ1) is 18.2. The molecule has 25 heavy (non-hydrogen) atoms. The summed E-state index contributed by atoms with van der Waals surface area (Å²) in [6.45, 7) is 8.54. The molecule has 0 unspecified atom stereocenters. The van der Waals surface area contributed by atoms with Crippen LogP contribution in [0.3, 0.4) is 0 Å². The number of piperazine rings is 1. The minimum Gasteiger partial charge on any atom is -0.396 e. The zero-order chi connectivity index (χ0) is 17.9. The second kappa shape index (κ2) is 7.75. The highest BCUT2D eigenvalue weighted by atomic mass is 16.3. The van der Waals surface area contributed by atoms with Gasteiger partial charge in [0, 0.05) is 44.7 Å². The molecular formula is C20H31N3O2. The first-order valence-corrected chi connectivity index (χ1v) is 9.44. The average Bonchev–Trinajstić information content (AvgIpc) is 3.10. The number of fused-ring (bicyclic) bond motifs is 1. The third-order valence-corrected chi connectivity index (χ3v) is 5.88. The van der Waals surface area contributed by atoms with Gasteiger partial charge in [-0.2, -0.15) is 0 Å². The average molecular weight is 345 g/mol. The lowest BCUT2D eigenvalue weighted by molar-refractivity contribution is 0.111. The number of rotatable bonds is 5. The van der Waals surface area contributed by atoms with Crippen molar-refractivity contribution < 1.29 is 9.90 Å². The number of hydrogen-bond acceptors (Lipinski definition) is 3.